The third-order valence-electron chi connectivity index (χ3n) is 2.52. The smallest absolute Gasteiger partial charge is 0.0643 e. The third-order valence-corrected chi connectivity index (χ3v) is 3.66. The van der Waals surface area contributed by atoms with E-state index in [4.69, 9.17) is 0 Å². The molecule has 3 nitrogen and oxygen atoms in total. The monoisotopic (exact) mass is 357 g/mol. The summed E-state index contributed by atoms with van der Waals surface area (Å²) in [6.45, 7) is 2.80. The van der Waals surface area contributed by atoms with Gasteiger partial charge in [-0.3, -0.25) is 4.68 Å². The Kier molecular flexibility index (Phi) is 3.89. The van der Waals surface area contributed by atoms with Gasteiger partial charge in [0.2, 0.25) is 0 Å². The number of nitrogens with one attached hydrogen (secondary N) is 1. The molecule has 0 aliphatic carbocycles. The second kappa shape index (κ2) is 5.23. The molecule has 90 valence electrons. The Hall–Kier alpha value is -0.810. The zero-order chi connectivity index (χ0) is 12.4. The number of hydrogen-bond donors (Lipinski definition) is 1. The molecule has 1 heterocycles. The van der Waals surface area contributed by atoms with Gasteiger partial charge in [-0.2, -0.15) is 5.10 Å². The fourth-order valence-corrected chi connectivity index (χ4v) is 2.83. The molecule has 1 aromatic carbocycles. The maximum Gasteiger partial charge on any atom is 0.0643 e. The van der Waals surface area contributed by atoms with Gasteiger partial charge in [0.25, 0.3) is 0 Å². The molecule has 1 aromatic heterocycles. The number of halogens is 2. The molecule has 5 heteroatoms. The Morgan fingerprint density at radius 3 is 2.71 bits per heavy atom. The van der Waals surface area contributed by atoms with Crippen LogP contribution in [0.15, 0.2) is 33.3 Å². The quantitative estimate of drug-likeness (QED) is 0.902. The summed E-state index contributed by atoms with van der Waals surface area (Å²) in [7, 11) is 1.94. The van der Waals surface area contributed by atoms with Crippen LogP contribution in [0.2, 0.25) is 0 Å². The largest absolute Gasteiger partial charge is 0.380 e. The van der Waals surface area contributed by atoms with Crippen LogP contribution in [0.1, 0.15) is 11.3 Å². The van der Waals surface area contributed by atoms with Crippen LogP contribution in [0.25, 0.3) is 0 Å². The number of aryl methyl sites for hydroxylation is 2. The Balaban J connectivity index is 2.10. The summed E-state index contributed by atoms with van der Waals surface area (Å²) < 4.78 is 3.95. The van der Waals surface area contributed by atoms with Crippen molar-refractivity contribution in [3.63, 3.8) is 0 Å². The SMILES string of the molecule is Cc1nn(C)cc1CNc1ccc(Br)cc1Br. The number of rotatable bonds is 3. The number of anilines is 1. The van der Waals surface area contributed by atoms with Crippen molar-refractivity contribution in [3.05, 3.63) is 44.6 Å². The fraction of sp³-hybridized carbons (Fsp3) is 0.250. The van der Waals surface area contributed by atoms with Crippen molar-refractivity contribution in [2.75, 3.05) is 5.32 Å². The average Bonchev–Trinajstić information content (AvgIpc) is 2.56. The minimum atomic E-state index is 0.778. The number of hydrogen-bond acceptors (Lipinski definition) is 2. The van der Waals surface area contributed by atoms with Gasteiger partial charge in [0.1, 0.15) is 0 Å². The Bertz CT molecular complexity index is 535. The van der Waals surface area contributed by atoms with Crippen LogP contribution in [-0.4, -0.2) is 9.78 Å². The lowest BCUT2D eigenvalue weighted by molar-refractivity contribution is 0.756. The van der Waals surface area contributed by atoms with Crippen LogP contribution in [0.4, 0.5) is 5.69 Å². The van der Waals surface area contributed by atoms with Gasteiger partial charge < -0.3 is 5.32 Å². The number of nitrogens with zero attached hydrogens (tertiary/aromatic N) is 2. The molecule has 2 aromatic rings. The zero-order valence-corrected chi connectivity index (χ0v) is 12.8. The highest BCUT2D eigenvalue weighted by Crippen LogP contribution is 2.26. The van der Waals surface area contributed by atoms with Crippen molar-refractivity contribution in [2.24, 2.45) is 7.05 Å². The van der Waals surface area contributed by atoms with Crippen LogP contribution in [0.3, 0.4) is 0 Å². The molecule has 0 amide bonds. The predicted octanol–water partition coefficient (Wildman–Crippen LogP) is 3.87. The second-order valence-electron chi connectivity index (χ2n) is 3.89. The molecule has 17 heavy (non-hydrogen) atoms. The molecule has 0 unspecified atom stereocenters. The standard InChI is InChI=1S/C12H13Br2N3/c1-8-9(7-17(2)16-8)6-15-12-4-3-10(13)5-11(12)14/h3-5,7,15H,6H2,1-2H3. The summed E-state index contributed by atoms with van der Waals surface area (Å²) in [6.07, 6.45) is 2.04. The van der Waals surface area contributed by atoms with Crippen LogP contribution in [0.5, 0.6) is 0 Å². The van der Waals surface area contributed by atoms with E-state index in [-0.39, 0.29) is 0 Å². The van der Waals surface area contributed by atoms with Crippen molar-refractivity contribution in [3.8, 4) is 0 Å². The highest BCUT2D eigenvalue weighted by molar-refractivity contribution is 9.11. The van der Waals surface area contributed by atoms with E-state index in [2.05, 4.69) is 42.3 Å². The van der Waals surface area contributed by atoms with E-state index >= 15 is 0 Å². The minimum Gasteiger partial charge on any atom is -0.380 e. The van der Waals surface area contributed by atoms with Gasteiger partial charge in [-0.15, -0.1) is 0 Å². The fourth-order valence-electron chi connectivity index (χ4n) is 1.65. The molecule has 0 aliphatic heterocycles. The van der Waals surface area contributed by atoms with Crippen molar-refractivity contribution >= 4 is 37.5 Å². The molecule has 0 saturated heterocycles. The molecule has 0 atom stereocenters. The number of benzene rings is 1. The first-order chi connectivity index (χ1) is 8.06. The van der Waals surface area contributed by atoms with E-state index in [1.165, 1.54) is 5.56 Å². The summed E-state index contributed by atoms with van der Waals surface area (Å²) in [5.41, 5.74) is 3.35. The molecular weight excluding hydrogens is 346 g/mol. The lowest BCUT2D eigenvalue weighted by atomic mass is 10.2. The first-order valence-corrected chi connectivity index (χ1v) is 6.83. The maximum atomic E-state index is 4.32. The maximum absolute atomic E-state index is 4.32. The zero-order valence-electron chi connectivity index (χ0n) is 9.67. The van der Waals surface area contributed by atoms with E-state index in [0.29, 0.717) is 0 Å². The van der Waals surface area contributed by atoms with Gasteiger partial charge in [0.15, 0.2) is 0 Å². The normalized spacial score (nSPS) is 10.6. The average molecular weight is 359 g/mol. The molecular formula is C12H13Br2N3. The molecule has 0 aliphatic rings. The molecule has 1 N–H and O–H groups in total. The van der Waals surface area contributed by atoms with Crippen LogP contribution in [-0.2, 0) is 13.6 Å². The predicted molar refractivity (Wildman–Crippen MR) is 77.1 cm³/mol. The lowest BCUT2D eigenvalue weighted by Gasteiger charge is -2.08. The molecule has 0 spiro atoms. The molecule has 0 saturated carbocycles. The van der Waals surface area contributed by atoms with Crippen LogP contribution >= 0.6 is 31.9 Å². The van der Waals surface area contributed by atoms with Crippen molar-refractivity contribution < 1.29 is 0 Å². The van der Waals surface area contributed by atoms with Crippen molar-refractivity contribution in [2.45, 2.75) is 13.5 Å². The van der Waals surface area contributed by atoms with Gasteiger partial charge >= 0.3 is 0 Å². The third kappa shape index (κ3) is 3.10. The van der Waals surface area contributed by atoms with Gasteiger partial charge in [0, 0.05) is 40.0 Å². The Morgan fingerprint density at radius 1 is 1.35 bits per heavy atom. The molecule has 0 bridgehead atoms. The summed E-state index contributed by atoms with van der Waals surface area (Å²) in [5, 5.41) is 7.71. The van der Waals surface area contributed by atoms with Crippen LogP contribution < -0.4 is 5.32 Å². The second-order valence-corrected chi connectivity index (χ2v) is 5.66. The van der Waals surface area contributed by atoms with E-state index < -0.39 is 0 Å². The van der Waals surface area contributed by atoms with E-state index in [9.17, 15) is 0 Å². The first-order valence-electron chi connectivity index (χ1n) is 5.24. The minimum absolute atomic E-state index is 0.778. The van der Waals surface area contributed by atoms with Crippen molar-refractivity contribution in [1.29, 1.82) is 0 Å². The molecule has 0 radical (unpaired) electrons. The van der Waals surface area contributed by atoms with Crippen LogP contribution in [0, 0.1) is 6.92 Å². The first kappa shape index (κ1) is 12.6. The molecule has 2 rings (SSSR count). The van der Waals surface area contributed by atoms with E-state index in [0.717, 1.165) is 26.9 Å². The van der Waals surface area contributed by atoms with Crippen molar-refractivity contribution in [1.82, 2.24) is 9.78 Å². The highest BCUT2D eigenvalue weighted by atomic mass is 79.9. The lowest BCUT2D eigenvalue weighted by Crippen LogP contribution is -2.00. The Morgan fingerprint density at radius 2 is 2.12 bits per heavy atom. The summed E-state index contributed by atoms with van der Waals surface area (Å²) in [4.78, 5) is 0. The Labute approximate surface area is 117 Å². The van der Waals surface area contributed by atoms with Gasteiger partial charge in [0.05, 0.1) is 5.69 Å². The number of aromatic nitrogens is 2. The summed E-state index contributed by atoms with van der Waals surface area (Å²) in [5.74, 6) is 0. The summed E-state index contributed by atoms with van der Waals surface area (Å²) >= 11 is 6.97. The van der Waals surface area contributed by atoms with Gasteiger partial charge in [-0.05, 0) is 41.1 Å². The van der Waals surface area contributed by atoms with Gasteiger partial charge in [-0.1, -0.05) is 15.9 Å². The molecule has 0 fully saturated rings. The van der Waals surface area contributed by atoms with Gasteiger partial charge in [-0.25, -0.2) is 0 Å². The topological polar surface area (TPSA) is 29.9 Å². The van der Waals surface area contributed by atoms with E-state index in [1.807, 2.05) is 43.0 Å². The highest BCUT2D eigenvalue weighted by Gasteiger charge is 2.04. The van der Waals surface area contributed by atoms with E-state index in [1.54, 1.807) is 0 Å². The summed E-state index contributed by atoms with van der Waals surface area (Å²) in [6, 6.07) is 6.08.